The number of pyridine rings is 1. The number of para-hydroxylation sites is 1. The van der Waals surface area contributed by atoms with Crippen LogP contribution in [-0.2, 0) is 4.79 Å². The van der Waals surface area contributed by atoms with Crippen LogP contribution in [-0.4, -0.2) is 54.4 Å². The van der Waals surface area contributed by atoms with Crippen molar-refractivity contribution in [2.75, 3.05) is 42.9 Å². The number of aromatic nitrogens is 1. The Morgan fingerprint density at radius 3 is 2.52 bits per heavy atom. The zero-order valence-corrected chi connectivity index (χ0v) is 13.9. The fourth-order valence-corrected chi connectivity index (χ4v) is 2.90. The molecule has 0 spiro atoms. The summed E-state index contributed by atoms with van der Waals surface area (Å²) >= 11 is 0. The monoisotopic (exact) mass is 339 g/mol. The van der Waals surface area contributed by atoms with Gasteiger partial charge in [0.25, 0.3) is 5.91 Å². The maximum absolute atomic E-state index is 12.6. The molecular formula is C18H21N5O2. The molecule has 2 aromatic rings. The number of hydrogen-bond donors (Lipinski definition) is 2. The Hall–Kier alpha value is -2.93. The summed E-state index contributed by atoms with van der Waals surface area (Å²) in [5, 5.41) is 2.86. The molecule has 0 radical (unpaired) electrons. The molecule has 2 amide bonds. The maximum Gasteiger partial charge on any atom is 0.257 e. The molecule has 1 aromatic carbocycles. The minimum absolute atomic E-state index is 0.0318. The highest BCUT2D eigenvalue weighted by atomic mass is 16.2. The lowest BCUT2D eigenvalue weighted by molar-refractivity contribution is -0.129. The standard InChI is InChI=1S/C18H21N5O2/c19-12-17(24)23-10-8-22(9-11-23)16-6-2-1-5-15(16)18(25)21-14-4-3-7-20-13-14/h1-7,13H,8-12,19H2,(H,21,25). The highest BCUT2D eigenvalue weighted by molar-refractivity contribution is 6.08. The largest absolute Gasteiger partial charge is 0.367 e. The van der Waals surface area contributed by atoms with Crippen molar-refractivity contribution < 1.29 is 9.59 Å². The van der Waals surface area contributed by atoms with Crippen LogP contribution in [0.4, 0.5) is 11.4 Å². The van der Waals surface area contributed by atoms with Crippen molar-refractivity contribution in [1.82, 2.24) is 9.88 Å². The van der Waals surface area contributed by atoms with Crippen molar-refractivity contribution in [3.8, 4) is 0 Å². The lowest BCUT2D eigenvalue weighted by Gasteiger charge is -2.36. The van der Waals surface area contributed by atoms with Crippen LogP contribution < -0.4 is 16.0 Å². The topological polar surface area (TPSA) is 91.6 Å². The van der Waals surface area contributed by atoms with E-state index in [-0.39, 0.29) is 18.4 Å². The molecule has 0 unspecified atom stereocenters. The Bertz CT molecular complexity index is 742. The molecule has 1 aromatic heterocycles. The zero-order valence-electron chi connectivity index (χ0n) is 13.9. The first kappa shape index (κ1) is 16.9. The van der Waals surface area contributed by atoms with E-state index in [2.05, 4.69) is 15.2 Å². The Morgan fingerprint density at radius 1 is 1.08 bits per heavy atom. The van der Waals surface area contributed by atoms with E-state index in [0.717, 1.165) is 5.69 Å². The molecule has 0 bridgehead atoms. The highest BCUT2D eigenvalue weighted by Crippen LogP contribution is 2.23. The van der Waals surface area contributed by atoms with Crippen LogP contribution in [0, 0.1) is 0 Å². The van der Waals surface area contributed by atoms with Crippen LogP contribution in [0.25, 0.3) is 0 Å². The predicted molar refractivity (Wildman–Crippen MR) is 96.5 cm³/mol. The molecule has 1 fully saturated rings. The van der Waals surface area contributed by atoms with Gasteiger partial charge in [0.05, 0.1) is 24.0 Å². The quantitative estimate of drug-likeness (QED) is 0.865. The SMILES string of the molecule is NCC(=O)N1CCN(c2ccccc2C(=O)Nc2cccnc2)CC1. The summed E-state index contributed by atoms with van der Waals surface area (Å²) in [6.07, 6.45) is 3.27. The third-order valence-corrected chi connectivity index (χ3v) is 4.22. The van der Waals surface area contributed by atoms with Gasteiger partial charge in [0.2, 0.25) is 5.91 Å². The number of hydrogen-bond acceptors (Lipinski definition) is 5. The number of amides is 2. The van der Waals surface area contributed by atoms with Crippen LogP contribution in [0.1, 0.15) is 10.4 Å². The number of carbonyl (C=O) groups is 2. The molecule has 25 heavy (non-hydrogen) atoms. The van der Waals surface area contributed by atoms with E-state index < -0.39 is 0 Å². The van der Waals surface area contributed by atoms with E-state index in [4.69, 9.17) is 5.73 Å². The average molecular weight is 339 g/mol. The first-order chi connectivity index (χ1) is 12.2. The van der Waals surface area contributed by atoms with Gasteiger partial charge >= 0.3 is 0 Å². The molecule has 7 nitrogen and oxygen atoms in total. The molecule has 3 N–H and O–H groups in total. The van der Waals surface area contributed by atoms with E-state index in [1.165, 1.54) is 0 Å². The van der Waals surface area contributed by atoms with Crippen LogP contribution >= 0.6 is 0 Å². The van der Waals surface area contributed by atoms with Crippen molar-refractivity contribution in [2.45, 2.75) is 0 Å². The molecule has 1 aliphatic heterocycles. The summed E-state index contributed by atoms with van der Waals surface area (Å²) in [6, 6.07) is 11.1. The number of anilines is 2. The minimum atomic E-state index is -0.177. The maximum atomic E-state index is 12.6. The van der Waals surface area contributed by atoms with Gasteiger partial charge in [-0.3, -0.25) is 14.6 Å². The van der Waals surface area contributed by atoms with Crippen LogP contribution in [0.2, 0.25) is 0 Å². The van der Waals surface area contributed by atoms with Gasteiger partial charge in [-0.1, -0.05) is 12.1 Å². The summed E-state index contributed by atoms with van der Waals surface area (Å²) in [6.45, 7) is 2.58. The molecule has 0 saturated carbocycles. The number of nitrogens with one attached hydrogen (secondary N) is 1. The summed E-state index contributed by atoms with van der Waals surface area (Å²) in [5.74, 6) is -0.216. The third kappa shape index (κ3) is 3.95. The molecule has 2 heterocycles. The number of nitrogens with zero attached hydrogens (tertiary/aromatic N) is 3. The fraction of sp³-hybridized carbons (Fsp3) is 0.278. The highest BCUT2D eigenvalue weighted by Gasteiger charge is 2.23. The Morgan fingerprint density at radius 2 is 1.84 bits per heavy atom. The van der Waals surface area contributed by atoms with Gasteiger partial charge in [0, 0.05) is 38.1 Å². The molecule has 0 aliphatic carbocycles. The Labute approximate surface area is 146 Å². The number of rotatable bonds is 4. The predicted octanol–water partition coefficient (Wildman–Crippen LogP) is 0.941. The first-order valence-corrected chi connectivity index (χ1v) is 8.22. The van der Waals surface area contributed by atoms with E-state index in [0.29, 0.717) is 37.4 Å². The third-order valence-electron chi connectivity index (χ3n) is 4.22. The molecule has 0 atom stereocenters. The van der Waals surface area contributed by atoms with Gasteiger partial charge in [-0.15, -0.1) is 0 Å². The van der Waals surface area contributed by atoms with Gasteiger partial charge < -0.3 is 20.9 Å². The Balaban J connectivity index is 1.73. The van der Waals surface area contributed by atoms with Gasteiger partial charge in [-0.2, -0.15) is 0 Å². The normalized spacial score (nSPS) is 14.3. The molecule has 1 aliphatic rings. The number of benzene rings is 1. The summed E-state index contributed by atoms with van der Waals surface area (Å²) in [5.41, 5.74) is 7.54. The molecule has 3 rings (SSSR count). The van der Waals surface area contributed by atoms with Crippen molar-refractivity contribution in [2.24, 2.45) is 5.73 Å². The van der Waals surface area contributed by atoms with Gasteiger partial charge in [0.1, 0.15) is 0 Å². The Kier molecular flexibility index (Phi) is 5.25. The molecule has 130 valence electrons. The lowest BCUT2D eigenvalue weighted by Crippen LogP contribution is -2.50. The lowest BCUT2D eigenvalue weighted by atomic mass is 10.1. The van der Waals surface area contributed by atoms with Gasteiger partial charge in [-0.25, -0.2) is 0 Å². The van der Waals surface area contributed by atoms with E-state index in [1.807, 2.05) is 18.2 Å². The van der Waals surface area contributed by atoms with Crippen LogP contribution in [0.5, 0.6) is 0 Å². The van der Waals surface area contributed by atoms with Crippen molar-refractivity contribution in [1.29, 1.82) is 0 Å². The second-order valence-electron chi connectivity index (χ2n) is 5.78. The number of nitrogens with two attached hydrogens (primary N) is 1. The summed E-state index contributed by atoms with van der Waals surface area (Å²) in [7, 11) is 0. The smallest absolute Gasteiger partial charge is 0.257 e. The van der Waals surface area contributed by atoms with E-state index in [1.54, 1.807) is 35.5 Å². The van der Waals surface area contributed by atoms with Gasteiger partial charge in [0.15, 0.2) is 0 Å². The first-order valence-electron chi connectivity index (χ1n) is 8.22. The fourth-order valence-electron chi connectivity index (χ4n) is 2.90. The van der Waals surface area contributed by atoms with E-state index >= 15 is 0 Å². The zero-order chi connectivity index (χ0) is 17.6. The van der Waals surface area contributed by atoms with Crippen molar-refractivity contribution in [3.05, 3.63) is 54.4 Å². The average Bonchev–Trinajstić information content (AvgIpc) is 2.68. The molecule has 7 heteroatoms. The van der Waals surface area contributed by atoms with Crippen molar-refractivity contribution in [3.63, 3.8) is 0 Å². The molecule has 1 saturated heterocycles. The number of piperazine rings is 1. The van der Waals surface area contributed by atoms with Crippen molar-refractivity contribution >= 4 is 23.2 Å². The van der Waals surface area contributed by atoms with Crippen LogP contribution in [0.3, 0.4) is 0 Å². The molecular weight excluding hydrogens is 318 g/mol. The van der Waals surface area contributed by atoms with E-state index in [9.17, 15) is 9.59 Å². The van der Waals surface area contributed by atoms with Gasteiger partial charge in [-0.05, 0) is 24.3 Å². The summed E-state index contributed by atoms with van der Waals surface area (Å²) < 4.78 is 0. The second-order valence-corrected chi connectivity index (χ2v) is 5.78. The number of carbonyl (C=O) groups excluding carboxylic acids is 2. The summed E-state index contributed by atoms with van der Waals surface area (Å²) in [4.78, 5) is 32.2. The minimum Gasteiger partial charge on any atom is -0.367 e. The second kappa shape index (κ2) is 7.76. The van der Waals surface area contributed by atoms with Crippen LogP contribution in [0.15, 0.2) is 48.8 Å².